The van der Waals surface area contributed by atoms with E-state index in [9.17, 15) is 8.42 Å². The summed E-state index contributed by atoms with van der Waals surface area (Å²) in [6.07, 6.45) is 2.25. The highest BCUT2D eigenvalue weighted by Gasteiger charge is 2.09. The van der Waals surface area contributed by atoms with Crippen molar-refractivity contribution < 1.29 is 13.0 Å². The van der Waals surface area contributed by atoms with Crippen molar-refractivity contribution in [2.75, 3.05) is 6.54 Å². The van der Waals surface area contributed by atoms with Crippen LogP contribution in [0.25, 0.3) is 16.8 Å². The lowest BCUT2D eigenvalue weighted by molar-refractivity contribution is 0.483. The minimum absolute atomic E-state index is 0.105. The van der Waals surface area contributed by atoms with Crippen molar-refractivity contribution in [2.24, 2.45) is 0 Å². The molecule has 0 amide bonds. The van der Waals surface area contributed by atoms with E-state index in [4.69, 9.17) is 4.55 Å². The topological polar surface area (TPSA) is 66.4 Å². The van der Waals surface area contributed by atoms with Crippen molar-refractivity contribution in [3.05, 3.63) is 60.7 Å². The third-order valence-corrected chi connectivity index (χ3v) is 4.46. The van der Waals surface area contributed by atoms with Crippen LogP contribution in [0.1, 0.15) is 25.3 Å². The molecule has 5 heteroatoms. The molecule has 0 fully saturated rings. The summed E-state index contributed by atoms with van der Waals surface area (Å²) in [4.78, 5) is -0.105. The molecule has 0 radical (unpaired) electrons. The fourth-order valence-corrected chi connectivity index (χ4v) is 2.68. The van der Waals surface area contributed by atoms with Gasteiger partial charge < -0.3 is 5.32 Å². The van der Waals surface area contributed by atoms with E-state index in [1.165, 1.54) is 12.1 Å². The fraction of sp³-hybridized carbons (Fsp3) is 0.222. The van der Waals surface area contributed by atoms with E-state index in [1.807, 2.05) is 24.3 Å². The van der Waals surface area contributed by atoms with Crippen LogP contribution >= 0.6 is 0 Å². The zero-order chi connectivity index (χ0) is 16.9. The molecule has 2 N–H and O–H groups in total. The Balaban J connectivity index is 2.12. The lowest BCUT2D eigenvalue weighted by Gasteiger charge is -2.10. The number of rotatable bonds is 7. The van der Waals surface area contributed by atoms with Gasteiger partial charge in [0.15, 0.2) is 0 Å². The van der Waals surface area contributed by atoms with Gasteiger partial charge in [-0.15, -0.1) is 0 Å². The quantitative estimate of drug-likeness (QED) is 0.595. The summed E-state index contributed by atoms with van der Waals surface area (Å²) in [6.45, 7) is 7.09. The molecule has 0 atom stereocenters. The van der Waals surface area contributed by atoms with Gasteiger partial charge in [-0.1, -0.05) is 56.3 Å². The minimum Gasteiger partial charge on any atom is -0.385 e. The van der Waals surface area contributed by atoms with Crippen molar-refractivity contribution >= 4 is 15.8 Å². The Labute approximate surface area is 137 Å². The van der Waals surface area contributed by atoms with Gasteiger partial charge in [-0.05, 0) is 35.2 Å². The van der Waals surface area contributed by atoms with Crippen molar-refractivity contribution in [3.8, 4) is 11.1 Å². The smallest absolute Gasteiger partial charge is 0.294 e. The lowest BCUT2D eigenvalue weighted by Crippen LogP contribution is -2.12. The van der Waals surface area contributed by atoms with Crippen molar-refractivity contribution in [3.63, 3.8) is 0 Å². The molecule has 0 saturated carbocycles. The summed E-state index contributed by atoms with van der Waals surface area (Å²) in [5, 5.41) is 3.29. The first kappa shape index (κ1) is 17.2. The Morgan fingerprint density at radius 3 is 2.04 bits per heavy atom. The molecule has 0 aliphatic heterocycles. The van der Waals surface area contributed by atoms with E-state index in [1.54, 1.807) is 12.1 Å². The van der Waals surface area contributed by atoms with Crippen molar-refractivity contribution in [2.45, 2.75) is 24.7 Å². The molecule has 2 aromatic carbocycles. The third-order valence-electron chi connectivity index (χ3n) is 3.59. The Hall–Kier alpha value is -2.11. The van der Waals surface area contributed by atoms with E-state index in [0.29, 0.717) is 0 Å². The second kappa shape index (κ2) is 7.44. The molecule has 122 valence electrons. The second-order valence-electron chi connectivity index (χ2n) is 5.34. The van der Waals surface area contributed by atoms with Gasteiger partial charge in [-0.3, -0.25) is 4.55 Å². The van der Waals surface area contributed by atoms with Crippen LogP contribution in [0, 0.1) is 0 Å². The number of nitrogens with one attached hydrogen (secondary N) is 1. The van der Waals surface area contributed by atoms with Crippen LogP contribution in [-0.2, 0) is 10.1 Å². The van der Waals surface area contributed by atoms with Crippen LogP contribution in [-0.4, -0.2) is 19.5 Å². The zero-order valence-electron chi connectivity index (χ0n) is 13.1. The number of hydrogen-bond acceptors (Lipinski definition) is 3. The van der Waals surface area contributed by atoms with E-state index in [2.05, 4.69) is 18.8 Å². The molecule has 0 saturated heterocycles. The van der Waals surface area contributed by atoms with Crippen molar-refractivity contribution in [1.82, 2.24) is 5.32 Å². The van der Waals surface area contributed by atoms with Gasteiger partial charge in [-0.2, -0.15) is 8.42 Å². The van der Waals surface area contributed by atoms with Crippen LogP contribution in [0.2, 0.25) is 0 Å². The van der Waals surface area contributed by atoms with Gasteiger partial charge in [0, 0.05) is 12.2 Å². The number of benzene rings is 2. The molecular weight excluding hydrogens is 310 g/mol. The molecule has 23 heavy (non-hydrogen) atoms. The Morgan fingerprint density at radius 2 is 1.57 bits per heavy atom. The van der Waals surface area contributed by atoms with Crippen molar-refractivity contribution in [1.29, 1.82) is 0 Å². The summed E-state index contributed by atoms with van der Waals surface area (Å²) in [5.74, 6) is 0. The monoisotopic (exact) mass is 331 g/mol. The maximum Gasteiger partial charge on any atom is 0.294 e. The summed E-state index contributed by atoms with van der Waals surface area (Å²) in [5.41, 5.74) is 3.77. The maximum atomic E-state index is 11.0. The molecule has 0 heterocycles. The first-order valence-electron chi connectivity index (χ1n) is 7.53. The highest BCUT2D eigenvalue weighted by Crippen LogP contribution is 2.23. The molecule has 0 spiro atoms. The van der Waals surface area contributed by atoms with Gasteiger partial charge in [-0.25, -0.2) is 0 Å². The molecular formula is C18H21NO3S. The van der Waals surface area contributed by atoms with Crippen LogP contribution in [0.3, 0.4) is 0 Å². The predicted molar refractivity (Wildman–Crippen MR) is 93.6 cm³/mol. The molecule has 0 aliphatic rings. The van der Waals surface area contributed by atoms with E-state index < -0.39 is 10.1 Å². The van der Waals surface area contributed by atoms with Gasteiger partial charge in [0.25, 0.3) is 10.1 Å². The molecule has 2 aromatic rings. The Kier molecular flexibility index (Phi) is 5.58. The second-order valence-corrected chi connectivity index (χ2v) is 6.76. The minimum atomic E-state index is -4.15. The highest BCUT2D eigenvalue weighted by atomic mass is 32.2. The largest absolute Gasteiger partial charge is 0.385 e. The first-order valence-corrected chi connectivity index (χ1v) is 8.97. The summed E-state index contributed by atoms with van der Waals surface area (Å²) < 4.78 is 31.1. The predicted octanol–water partition coefficient (Wildman–Crippen LogP) is 3.96. The Morgan fingerprint density at radius 1 is 1.04 bits per heavy atom. The van der Waals surface area contributed by atoms with Gasteiger partial charge in [0.2, 0.25) is 0 Å². The fourth-order valence-electron chi connectivity index (χ4n) is 2.20. The van der Waals surface area contributed by atoms with E-state index >= 15 is 0 Å². The standard InChI is InChI=1S/C18H21NO3S/c1-3-4-13-19-14(2)15-5-7-16(8-6-15)17-9-11-18(12-10-17)23(20,21)22/h5-12,19H,2-4,13H2,1H3,(H,20,21,22). The van der Waals surface area contributed by atoms with Gasteiger partial charge >= 0.3 is 0 Å². The zero-order valence-corrected chi connectivity index (χ0v) is 13.9. The lowest BCUT2D eigenvalue weighted by atomic mass is 10.0. The normalized spacial score (nSPS) is 11.2. The SMILES string of the molecule is C=C(NCCCC)c1ccc(-c2ccc(S(=O)(=O)O)cc2)cc1. The third kappa shape index (κ3) is 4.68. The first-order chi connectivity index (χ1) is 10.9. The van der Waals surface area contributed by atoms with Crippen LogP contribution in [0.15, 0.2) is 60.0 Å². The average molecular weight is 331 g/mol. The number of hydrogen-bond donors (Lipinski definition) is 2. The number of unbranched alkanes of at least 4 members (excludes halogenated alkanes) is 1. The summed E-state index contributed by atoms with van der Waals surface area (Å²) in [7, 11) is -4.15. The molecule has 0 aromatic heterocycles. The van der Waals surface area contributed by atoms with E-state index in [0.717, 1.165) is 41.8 Å². The van der Waals surface area contributed by atoms with Crippen LogP contribution in [0.5, 0.6) is 0 Å². The average Bonchev–Trinajstić information content (AvgIpc) is 2.54. The van der Waals surface area contributed by atoms with E-state index in [-0.39, 0.29) is 4.90 Å². The van der Waals surface area contributed by atoms with Crippen LogP contribution < -0.4 is 5.32 Å². The molecule has 0 aliphatic carbocycles. The molecule has 0 unspecified atom stereocenters. The molecule has 0 bridgehead atoms. The maximum absolute atomic E-state index is 11.0. The van der Waals surface area contributed by atoms with Gasteiger partial charge in [0.05, 0.1) is 4.90 Å². The summed E-state index contributed by atoms with van der Waals surface area (Å²) >= 11 is 0. The Bertz CT molecular complexity index is 763. The molecule has 2 rings (SSSR count). The van der Waals surface area contributed by atoms with Crippen LogP contribution in [0.4, 0.5) is 0 Å². The highest BCUT2D eigenvalue weighted by molar-refractivity contribution is 7.85. The molecule has 4 nitrogen and oxygen atoms in total. The van der Waals surface area contributed by atoms with Gasteiger partial charge in [0.1, 0.15) is 0 Å². The summed E-state index contributed by atoms with van der Waals surface area (Å²) in [6, 6.07) is 14.0.